The Morgan fingerprint density at radius 2 is 2.03 bits per heavy atom. The van der Waals surface area contributed by atoms with Gasteiger partial charge in [-0.25, -0.2) is 4.98 Å². The van der Waals surface area contributed by atoms with Gasteiger partial charge in [0.25, 0.3) is 5.91 Å². The lowest BCUT2D eigenvalue weighted by Crippen LogP contribution is -2.47. The minimum atomic E-state index is -0.658. The zero-order valence-corrected chi connectivity index (χ0v) is 17.6. The van der Waals surface area contributed by atoms with Crippen LogP contribution in [0.25, 0.3) is 11.3 Å². The van der Waals surface area contributed by atoms with E-state index in [1.807, 2.05) is 41.8 Å². The maximum absolute atomic E-state index is 12.7. The summed E-state index contributed by atoms with van der Waals surface area (Å²) in [4.78, 5) is 30.9. The molecule has 1 unspecified atom stereocenters. The Hall–Kier alpha value is -3.19. The number of thiazole rings is 1. The van der Waals surface area contributed by atoms with E-state index in [4.69, 9.17) is 14.5 Å². The van der Waals surface area contributed by atoms with Crippen molar-refractivity contribution in [1.29, 1.82) is 0 Å². The van der Waals surface area contributed by atoms with Crippen LogP contribution in [0.5, 0.6) is 5.75 Å². The van der Waals surface area contributed by atoms with Gasteiger partial charge in [-0.3, -0.25) is 14.5 Å². The third kappa shape index (κ3) is 4.21. The Kier molecular flexibility index (Phi) is 5.81. The molecule has 0 aliphatic carbocycles. The fourth-order valence-corrected chi connectivity index (χ4v) is 4.20. The molecule has 0 saturated carbocycles. The number of benzene rings is 2. The topological polar surface area (TPSA) is 68.7 Å². The molecule has 0 spiro atoms. The summed E-state index contributed by atoms with van der Waals surface area (Å²) in [6.07, 6.45) is 0.111. The van der Waals surface area contributed by atoms with Crippen molar-refractivity contribution in [1.82, 2.24) is 4.98 Å². The van der Waals surface area contributed by atoms with Crippen molar-refractivity contribution in [3.63, 3.8) is 0 Å². The number of rotatable bonds is 6. The van der Waals surface area contributed by atoms with E-state index in [9.17, 15) is 9.59 Å². The van der Waals surface area contributed by atoms with Gasteiger partial charge < -0.3 is 9.47 Å². The van der Waals surface area contributed by atoms with Crippen LogP contribution in [0, 0.1) is 0 Å². The number of hydrogen-bond acceptors (Lipinski definition) is 6. The van der Waals surface area contributed by atoms with Gasteiger partial charge in [-0.15, -0.1) is 11.3 Å². The molecule has 0 fully saturated rings. The number of carbonyl (C=O) groups is 2. The van der Waals surface area contributed by atoms with Gasteiger partial charge in [0, 0.05) is 17.4 Å². The van der Waals surface area contributed by atoms with Crippen LogP contribution in [-0.2, 0) is 20.7 Å². The van der Waals surface area contributed by atoms with E-state index in [-0.39, 0.29) is 19.1 Å². The van der Waals surface area contributed by atoms with E-state index in [1.165, 1.54) is 10.5 Å². The van der Waals surface area contributed by atoms with Crippen LogP contribution in [0.3, 0.4) is 0 Å². The number of fused-ring (bicyclic) bond motifs is 1. The molecule has 0 radical (unpaired) electrons. The first-order valence-corrected chi connectivity index (χ1v) is 10.7. The third-order valence-electron chi connectivity index (χ3n) is 4.81. The molecule has 154 valence electrons. The van der Waals surface area contributed by atoms with E-state index >= 15 is 0 Å². The zero-order valence-electron chi connectivity index (χ0n) is 16.8. The largest absolute Gasteiger partial charge is 0.479 e. The molecule has 0 saturated heterocycles. The molecule has 0 N–H and O–H groups in total. The molecule has 2 heterocycles. The van der Waals surface area contributed by atoms with Crippen LogP contribution in [0.2, 0.25) is 0 Å². The fraction of sp³-hybridized carbons (Fsp3) is 0.261. The zero-order chi connectivity index (χ0) is 21.1. The molecule has 1 aliphatic rings. The predicted molar refractivity (Wildman–Crippen MR) is 116 cm³/mol. The number of carbonyl (C=O) groups excluding carboxylic acids is 2. The standard InChI is InChI=1S/C23H22N2O4S/c1-3-28-22(26)13-25-19-12-17(9-10-20(19)29-15(2)23(25)27)18-14-30-21(24-18)11-16-7-5-4-6-8-16/h4-10,12,14-15H,3,11,13H2,1-2H3. The molecule has 1 atom stereocenters. The number of esters is 1. The minimum Gasteiger partial charge on any atom is -0.479 e. The molecule has 7 heteroatoms. The van der Waals surface area contributed by atoms with Crippen molar-refractivity contribution in [3.8, 4) is 17.0 Å². The summed E-state index contributed by atoms with van der Waals surface area (Å²) in [5.74, 6) is -0.152. The minimum absolute atomic E-state index is 0.146. The monoisotopic (exact) mass is 422 g/mol. The first-order chi connectivity index (χ1) is 14.5. The van der Waals surface area contributed by atoms with E-state index in [2.05, 4.69) is 12.1 Å². The highest BCUT2D eigenvalue weighted by Crippen LogP contribution is 2.37. The smallest absolute Gasteiger partial charge is 0.326 e. The molecule has 30 heavy (non-hydrogen) atoms. The Morgan fingerprint density at radius 3 is 2.80 bits per heavy atom. The van der Waals surface area contributed by atoms with Crippen LogP contribution in [0.1, 0.15) is 24.4 Å². The summed E-state index contributed by atoms with van der Waals surface area (Å²) in [6.45, 7) is 3.53. The first-order valence-electron chi connectivity index (χ1n) is 9.81. The first kappa shape index (κ1) is 20.1. The van der Waals surface area contributed by atoms with Crippen LogP contribution >= 0.6 is 11.3 Å². The van der Waals surface area contributed by atoms with Gasteiger partial charge in [0.05, 0.1) is 23.0 Å². The molecule has 0 bridgehead atoms. The molecule has 3 aromatic rings. The molecular formula is C23H22N2O4S. The number of aromatic nitrogens is 1. The quantitative estimate of drug-likeness (QED) is 0.560. The van der Waals surface area contributed by atoms with E-state index in [0.717, 1.165) is 22.7 Å². The van der Waals surface area contributed by atoms with Crippen molar-refractivity contribution in [2.45, 2.75) is 26.4 Å². The summed E-state index contributed by atoms with van der Waals surface area (Å²) in [6, 6.07) is 15.8. The lowest BCUT2D eigenvalue weighted by Gasteiger charge is -2.32. The van der Waals surface area contributed by atoms with Crippen molar-refractivity contribution in [2.24, 2.45) is 0 Å². The molecule has 1 aromatic heterocycles. The lowest BCUT2D eigenvalue weighted by atomic mass is 10.1. The number of amides is 1. The van der Waals surface area contributed by atoms with Gasteiger partial charge in [-0.05, 0) is 37.6 Å². The summed E-state index contributed by atoms with van der Waals surface area (Å²) >= 11 is 1.60. The van der Waals surface area contributed by atoms with Crippen LogP contribution < -0.4 is 9.64 Å². The fourth-order valence-electron chi connectivity index (χ4n) is 3.36. The highest BCUT2D eigenvalue weighted by atomic mass is 32.1. The van der Waals surface area contributed by atoms with Crippen molar-refractivity contribution in [2.75, 3.05) is 18.1 Å². The maximum atomic E-state index is 12.7. The molecule has 6 nitrogen and oxygen atoms in total. The van der Waals surface area contributed by atoms with Crippen molar-refractivity contribution in [3.05, 3.63) is 64.5 Å². The summed E-state index contributed by atoms with van der Waals surface area (Å²) in [7, 11) is 0. The van der Waals surface area contributed by atoms with Gasteiger partial charge in [0.2, 0.25) is 0 Å². The number of anilines is 1. The highest BCUT2D eigenvalue weighted by molar-refractivity contribution is 7.10. The van der Waals surface area contributed by atoms with E-state index < -0.39 is 12.1 Å². The second kappa shape index (κ2) is 8.67. The van der Waals surface area contributed by atoms with E-state index in [0.29, 0.717) is 11.4 Å². The van der Waals surface area contributed by atoms with Crippen LogP contribution in [-0.4, -0.2) is 36.1 Å². The summed E-state index contributed by atoms with van der Waals surface area (Å²) in [5, 5.41) is 3.02. The Labute approximate surface area is 179 Å². The van der Waals surface area contributed by atoms with Crippen molar-refractivity contribution >= 4 is 28.9 Å². The number of ether oxygens (including phenoxy) is 2. The molecule has 4 rings (SSSR count). The normalized spacial score (nSPS) is 15.5. The van der Waals surface area contributed by atoms with Gasteiger partial charge >= 0.3 is 5.97 Å². The predicted octanol–water partition coefficient (Wildman–Crippen LogP) is 4.08. The third-order valence-corrected chi connectivity index (χ3v) is 5.65. The van der Waals surface area contributed by atoms with Gasteiger partial charge in [-0.1, -0.05) is 30.3 Å². The number of nitrogens with zero attached hydrogens (tertiary/aromatic N) is 2. The Morgan fingerprint density at radius 1 is 1.23 bits per heavy atom. The summed E-state index contributed by atoms with van der Waals surface area (Å²) < 4.78 is 10.8. The summed E-state index contributed by atoms with van der Waals surface area (Å²) in [5.41, 5.74) is 3.46. The van der Waals surface area contributed by atoms with Gasteiger partial charge in [0.15, 0.2) is 6.10 Å². The molecule has 1 amide bonds. The lowest BCUT2D eigenvalue weighted by molar-refractivity contribution is -0.143. The SMILES string of the molecule is CCOC(=O)CN1C(=O)C(C)Oc2ccc(-c3csc(Cc4ccccc4)n3)cc21. The Balaban J connectivity index is 1.62. The second-order valence-corrected chi connectivity index (χ2v) is 7.90. The Bertz CT molecular complexity index is 1060. The number of hydrogen-bond donors (Lipinski definition) is 0. The highest BCUT2D eigenvalue weighted by Gasteiger charge is 2.33. The van der Waals surface area contributed by atoms with Gasteiger partial charge in [-0.2, -0.15) is 0 Å². The van der Waals surface area contributed by atoms with Gasteiger partial charge in [0.1, 0.15) is 12.3 Å². The maximum Gasteiger partial charge on any atom is 0.326 e. The molecule has 1 aliphatic heterocycles. The van der Waals surface area contributed by atoms with Crippen LogP contribution in [0.4, 0.5) is 5.69 Å². The van der Waals surface area contributed by atoms with Crippen molar-refractivity contribution < 1.29 is 19.1 Å². The van der Waals surface area contributed by atoms with Crippen LogP contribution in [0.15, 0.2) is 53.9 Å². The van der Waals surface area contributed by atoms with E-state index in [1.54, 1.807) is 25.2 Å². The average Bonchev–Trinajstić information content (AvgIpc) is 3.20. The average molecular weight is 423 g/mol. The molecular weight excluding hydrogens is 400 g/mol. The molecule has 2 aromatic carbocycles. The second-order valence-electron chi connectivity index (χ2n) is 6.96.